The molecule has 1 heterocycles. The normalized spacial score (nSPS) is 40.6. The lowest BCUT2D eigenvalue weighted by atomic mass is 9.94. The van der Waals surface area contributed by atoms with Crippen LogP contribution >= 0.6 is 0 Å². The van der Waals surface area contributed by atoms with Gasteiger partial charge in [0, 0.05) is 28.2 Å². The molecule has 1 aliphatic rings. The average molecular weight is 156 g/mol. The minimum absolute atomic E-state index is 0.259. The van der Waals surface area contributed by atoms with Crippen molar-refractivity contribution < 1.29 is 4.21 Å². The molecule has 0 spiro atoms. The van der Waals surface area contributed by atoms with Gasteiger partial charge in [0.05, 0.1) is 0 Å². The van der Waals surface area contributed by atoms with Crippen LogP contribution in [0, 0.1) is 24.2 Å². The van der Waals surface area contributed by atoms with Crippen LogP contribution in [0.25, 0.3) is 0 Å². The van der Waals surface area contributed by atoms with Gasteiger partial charge in [-0.2, -0.15) is 0 Å². The first-order chi connectivity index (χ1) is 4.74. The molecule has 0 aromatic rings. The van der Waals surface area contributed by atoms with Crippen LogP contribution in [0.4, 0.5) is 0 Å². The lowest BCUT2D eigenvalue weighted by Crippen LogP contribution is -2.26. The number of rotatable bonds is 0. The van der Waals surface area contributed by atoms with Gasteiger partial charge in [0.25, 0.3) is 0 Å². The molecule has 1 nitrogen and oxygen atoms in total. The minimum Gasteiger partial charge on any atom is -0.260 e. The quantitative estimate of drug-likeness (QED) is 0.479. The van der Waals surface area contributed by atoms with Crippen LogP contribution in [-0.2, 0) is 10.8 Å². The summed E-state index contributed by atoms with van der Waals surface area (Å²) in [6.45, 7) is 2.14. The predicted molar refractivity (Wildman–Crippen MR) is 44.0 cm³/mol. The summed E-state index contributed by atoms with van der Waals surface area (Å²) in [6.07, 6.45) is 6.30. The highest BCUT2D eigenvalue weighted by Crippen LogP contribution is 2.21. The summed E-state index contributed by atoms with van der Waals surface area (Å²) in [6, 6.07) is 0. The van der Waals surface area contributed by atoms with Gasteiger partial charge >= 0.3 is 0 Å². The lowest BCUT2D eigenvalue weighted by molar-refractivity contribution is 0.447. The maximum atomic E-state index is 11.0. The van der Waals surface area contributed by atoms with Crippen LogP contribution in [0.3, 0.4) is 0 Å². The van der Waals surface area contributed by atoms with Crippen LogP contribution in [0.1, 0.15) is 13.3 Å². The highest BCUT2D eigenvalue weighted by molar-refractivity contribution is 7.85. The van der Waals surface area contributed by atoms with Gasteiger partial charge in [-0.25, -0.2) is 0 Å². The number of hydrogen-bond acceptors (Lipinski definition) is 1. The Labute approximate surface area is 64.7 Å². The molecule has 1 rings (SSSR count). The van der Waals surface area contributed by atoms with Crippen molar-refractivity contribution in [3.8, 4) is 12.3 Å². The van der Waals surface area contributed by atoms with Crippen molar-refractivity contribution in [3.05, 3.63) is 0 Å². The van der Waals surface area contributed by atoms with E-state index < -0.39 is 10.8 Å². The molecule has 0 amide bonds. The second-order valence-corrected chi connectivity index (χ2v) is 4.47. The first-order valence-corrected chi connectivity index (χ1v) is 5.04. The van der Waals surface area contributed by atoms with E-state index in [2.05, 4.69) is 12.8 Å². The van der Waals surface area contributed by atoms with Crippen molar-refractivity contribution in [1.29, 1.82) is 0 Å². The molecule has 0 aliphatic carbocycles. The van der Waals surface area contributed by atoms with Gasteiger partial charge in [-0.3, -0.25) is 4.21 Å². The maximum absolute atomic E-state index is 11.0. The van der Waals surface area contributed by atoms with Crippen molar-refractivity contribution >= 4 is 10.8 Å². The molecular weight excluding hydrogens is 144 g/mol. The van der Waals surface area contributed by atoms with E-state index in [-0.39, 0.29) is 5.92 Å². The van der Waals surface area contributed by atoms with Gasteiger partial charge in [-0.15, -0.1) is 12.3 Å². The van der Waals surface area contributed by atoms with E-state index >= 15 is 0 Å². The highest BCUT2D eigenvalue weighted by atomic mass is 32.2. The van der Waals surface area contributed by atoms with E-state index in [0.717, 1.165) is 17.9 Å². The van der Waals surface area contributed by atoms with Crippen LogP contribution in [-0.4, -0.2) is 15.7 Å². The van der Waals surface area contributed by atoms with Crippen LogP contribution in [0.5, 0.6) is 0 Å². The molecule has 1 fully saturated rings. The SMILES string of the molecule is C#CC1CS(=O)CCC1C. The van der Waals surface area contributed by atoms with Crippen molar-refractivity contribution in [2.24, 2.45) is 11.8 Å². The molecule has 56 valence electrons. The third-order valence-electron chi connectivity index (χ3n) is 2.07. The summed E-state index contributed by atoms with van der Waals surface area (Å²) in [4.78, 5) is 0. The van der Waals surface area contributed by atoms with E-state index in [9.17, 15) is 4.21 Å². The van der Waals surface area contributed by atoms with Gasteiger partial charge in [-0.05, 0) is 12.3 Å². The van der Waals surface area contributed by atoms with Gasteiger partial charge in [0.2, 0.25) is 0 Å². The molecule has 1 saturated heterocycles. The molecule has 0 aromatic heterocycles. The monoisotopic (exact) mass is 156 g/mol. The minimum atomic E-state index is -0.633. The molecule has 0 aromatic carbocycles. The zero-order chi connectivity index (χ0) is 7.56. The summed E-state index contributed by atoms with van der Waals surface area (Å²) in [7, 11) is -0.633. The Bertz CT molecular complexity index is 180. The zero-order valence-electron chi connectivity index (χ0n) is 6.17. The first kappa shape index (κ1) is 7.81. The van der Waals surface area contributed by atoms with E-state index in [1.807, 2.05) is 0 Å². The third kappa shape index (κ3) is 1.60. The molecule has 0 saturated carbocycles. The topological polar surface area (TPSA) is 17.1 Å². The van der Waals surface area contributed by atoms with Gasteiger partial charge in [-0.1, -0.05) is 6.92 Å². The molecule has 1 aliphatic heterocycles. The Morgan fingerprint density at radius 3 is 2.90 bits per heavy atom. The van der Waals surface area contributed by atoms with E-state index in [1.165, 1.54) is 0 Å². The van der Waals surface area contributed by atoms with Crippen LogP contribution in [0.15, 0.2) is 0 Å². The summed E-state index contributed by atoms with van der Waals surface area (Å²) in [5.41, 5.74) is 0. The highest BCUT2D eigenvalue weighted by Gasteiger charge is 2.23. The van der Waals surface area contributed by atoms with Gasteiger partial charge in [0.15, 0.2) is 0 Å². The summed E-state index contributed by atoms with van der Waals surface area (Å²) >= 11 is 0. The maximum Gasteiger partial charge on any atom is 0.0375 e. The van der Waals surface area contributed by atoms with Crippen LogP contribution in [0.2, 0.25) is 0 Å². The molecule has 3 unspecified atom stereocenters. The number of terminal acetylenes is 1. The van der Waals surface area contributed by atoms with Crippen molar-refractivity contribution in [1.82, 2.24) is 0 Å². The third-order valence-corrected chi connectivity index (χ3v) is 3.49. The fourth-order valence-electron chi connectivity index (χ4n) is 1.18. The average Bonchev–Trinajstić information content (AvgIpc) is 1.94. The molecule has 0 bridgehead atoms. The standard InChI is InChI=1S/C8H12OS/c1-3-8-6-10(9)5-4-7(8)2/h1,7-8H,4-6H2,2H3. The molecule has 10 heavy (non-hydrogen) atoms. The van der Waals surface area contributed by atoms with Crippen molar-refractivity contribution in [2.45, 2.75) is 13.3 Å². The lowest BCUT2D eigenvalue weighted by Gasteiger charge is -2.23. The summed E-state index contributed by atoms with van der Waals surface area (Å²) in [5, 5.41) is 0. The second-order valence-electron chi connectivity index (χ2n) is 2.85. The number of hydrogen-bond donors (Lipinski definition) is 0. The molecule has 0 radical (unpaired) electrons. The zero-order valence-corrected chi connectivity index (χ0v) is 6.99. The second kappa shape index (κ2) is 3.21. The largest absolute Gasteiger partial charge is 0.260 e. The van der Waals surface area contributed by atoms with E-state index in [0.29, 0.717) is 5.92 Å². The van der Waals surface area contributed by atoms with E-state index in [4.69, 9.17) is 6.42 Å². The van der Waals surface area contributed by atoms with Crippen LogP contribution < -0.4 is 0 Å². The molecular formula is C8H12OS. The summed E-state index contributed by atoms with van der Waals surface area (Å²) < 4.78 is 11.0. The Kier molecular flexibility index (Phi) is 2.50. The first-order valence-electron chi connectivity index (χ1n) is 3.55. The molecule has 3 atom stereocenters. The summed E-state index contributed by atoms with van der Waals surface area (Å²) in [5.74, 6) is 5.09. The smallest absolute Gasteiger partial charge is 0.0375 e. The Morgan fingerprint density at radius 2 is 2.40 bits per heavy atom. The Hall–Kier alpha value is -0.290. The Balaban J connectivity index is 2.56. The Morgan fingerprint density at radius 1 is 1.70 bits per heavy atom. The molecule has 2 heteroatoms. The van der Waals surface area contributed by atoms with Crippen molar-refractivity contribution in [2.75, 3.05) is 11.5 Å². The van der Waals surface area contributed by atoms with E-state index in [1.54, 1.807) is 0 Å². The van der Waals surface area contributed by atoms with Gasteiger partial charge < -0.3 is 0 Å². The van der Waals surface area contributed by atoms with Crippen molar-refractivity contribution in [3.63, 3.8) is 0 Å². The molecule has 0 N–H and O–H groups in total. The van der Waals surface area contributed by atoms with Gasteiger partial charge in [0.1, 0.15) is 0 Å². The fraction of sp³-hybridized carbons (Fsp3) is 0.750. The fourth-order valence-corrected chi connectivity index (χ4v) is 2.81. The predicted octanol–water partition coefficient (Wildman–Crippen LogP) is 1.02.